The minimum atomic E-state index is -0.191. The highest BCUT2D eigenvalue weighted by Crippen LogP contribution is 2.23. The van der Waals surface area contributed by atoms with Crippen molar-refractivity contribution in [3.8, 4) is 0 Å². The molecule has 0 aromatic carbocycles. The van der Waals surface area contributed by atoms with Crippen LogP contribution in [-0.2, 0) is 9.53 Å². The number of rotatable bonds is 1. The monoisotopic (exact) mass is 192 g/mol. The average Bonchev–Trinajstić information content (AvgIpc) is 2.18. The maximum Gasteiger partial charge on any atom is 0.138 e. The van der Waals surface area contributed by atoms with Crippen LogP contribution in [0.15, 0.2) is 12.4 Å². The Balaban J connectivity index is 2.17. The van der Waals surface area contributed by atoms with Crippen LogP contribution < -0.4 is 0 Å². The third kappa shape index (κ3) is 1.96. The summed E-state index contributed by atoms with van der Waals surface area (Å²) in [6.45, 7) is 2.38. The van der Waals surface area contributed by atoms with E-state index in [-0.39, 0.29) is 11.9 Å². The maximum atomic E-state index is 11.2. The quantitative estimate of drug-likeness (QED) is 0.671. The molecule has 0 spiro atoms. The predicted molar refractivity (Wildman–Crippen MR) is 49.7 cm³/mol. The van der Waals surface area contributed by atoms with Crippen LogP contribution in [0, 0.1) is 6.92 Å². The van der Waals surface area contributed by atoms with Crippen LogP contribution in [-0.4, -0.2) is 22.4 Å². The maximum absolute atomic E-state index is 11.2. The standard InChI is InChI=1S/C10H12N2O2/c1-7-5-11-6-9(12-7)10-4-8(13)2-3-14-10/h5-6,10H,2-4H2,1H3. The van der Waals surface area contributed by atoms with E-state index in [1.807, 2.05) is 6.92 Å². The van der Waals surface area contributed by atoms with Gasteiger partial charge < -0.3 is 4.74 Å². The first-order valence-electron chi connectivity index (χ1n) is 4.67. The third-order valence-corrected chi connectivity index (χ3v) is 2.22. The zero-order valence-corrected chi connectivity index (χ0v) is 8.06. The molecular weight excluding hydrogens is 180 g/mol. The lowest BCUT2D eigenvalue weighted by atomic mass is 10.1. The Kier molecular flexibility index (Phi) is 2.54. The molecule has 4 heteroatoms. The van der Waals surface area contributed by atoms with Crippen molar-refractivity contribution in [2.24, 2.45) is 0 Å². The summed E-state index contributed by atoms with van der Waals surface area (Å²) < 4.78 is 5.47. The number of hydrogen-bond acceptors (Lipinski definition) is 4. The van der Waals surface area contributed by atoms with Crippen molar-refractivity contribution in [3.05, 3.63) is 23.8 Å². The van der Waals surface area contributed by atoms with Gasteiger partial charge in [0.25, 0.3) is 0 Å². The number of nitrogens with zero attached hydrogens (tertiary/aromatic N) is 2. The molecule has 74 valence electrons. The molecule has 2 heterocycles. The number of carbonyl (C=O) groups is 1. The number of carbonyl (C=O) groups excluding carboxylic acids is 1. The number of aromatic nitrogens is 2. The van der Waals surface area contributed by atoms with Gasteiger partial charge in [-0.25, -0.2) is 0 Å². The normalized spacial score (nSPS) is 22.4. The van der Waals surface area contributed by atoms with E-state index in [9.17, 15) is 4.79 Å². The number of Topliss-reactive ketones (excluding diaryl/α,β-unsaturated/α-hetero) is 1. The molecule has 2 rings (SSSR count). The Hall–Kier alpha value is -1.29. The van der Waals surface area contributed by atoms with Gasteiger partial charge in [-0.1, -0.05) is 0 Å². The fourth-order valence-electron chi connectivity index (χ4n) is 1.51. The van der Waals surface area contributed by atoms with Crippen LogP contribution in [0.2, 0.25) is 0 Å². The Labute approximate surface area is 82.3 Å². The summed E-state index contributed by atoms with van der Waals surface area (Å²) in [6, 6.07) is 0. The molecule has 0 saturated carbocycles. The molecule has 1 aliphatic rings. The van der Waals surface area contributed by atoms with E-state index < -0.39 is 0 Å². The average molecular weight is 192 g/mol. The van der Waals surface area contributed by atoms with Gasteiger partial charge in [-0.2, -0.15) is 0 Å². The van der Waals surface area contributed by atoms with Crippen molar-refractivity contribution in [3.63, 3.8) is 0 Å². The minimum Gasteiger partial charge on any atom is -0.371 e. The van der Waals surface area contributed by atoms with Crippen LogP contribution >= 0.6 is 0 Å². The summed E-state index contributed by atoms with van der Waals surface area (Å²) in [6.07, 6.45) is 4.11. The second-order valence-electron chi connectivity index (χ2n) is 3.44. The Bertz CT molecular complexity index is 352. The van der Waals surface area contributed by atoms with E-state index in [2.05, 4.69) is 9.97 Å². The SMILES string of the molecule is Cc1cncc(C2CC(=O)CCO2)n1. The number of ketones is 1. The summed E-state index contributed by atoms with van der Waals surface area (Å²) in [5.41, 5.74) is 1.61. The van der Waals surface area contributed by atoms with E-state index in [1.54, 1.807) is 12.4 Å². The summed E-state index contributed by atoms with van der Waals surface area (Å²) in [7, 11) is 0. The fourth-order valence-corrected chi connectivity index (χ4v) is 1.51. The first-order chi connectivity index (χ1) is 6.75. The molecule has 1 aromatic rings. The van der Waals surface area contributed by atoms with E-state index in [4.69, 9.17) is 4.74 Å². The molecule has 0 bridgehead atoms. The van der Waals surface area contributed by atoms with Gasteiger partial charge in [0, 0.05) is 19.0 Å². The van der Waals surface area contributed by atoms with Crippen molar-refractivity contribution in [1.29, 1.82) is 0 Å². The van der Waals surface area contributed by atoms with Crippen LogP contribution in [0.3, 0.4) is 0 Å². The number of hydrogen-bond donors (Lipinski definition) is 0. The molecule has 4 nitrogen and oxygen atoms in total. The van der Waals surface area contributed by atoms with Crippen molar-refractivity contribution in [2.75, 3.05) is 6.61 Å². The molecule has 0 radical (unpaired) electrons. The van der Waals surface area contributed by atoms with Crippen LogP contribution in [0.4, 0.5) is 0 Å². The lowest BCUT2D eigenvalue weighted by Crippen LogP contribution is -2.20. The molecule has 1 aromatic heterocycles. The smallest absolute Gasteiger partial charge is 0.138 e. The second-order valence-corrected chi connectivity index (χ2v) is 3.44. The van der Waals surface area contributed by atoms with Gasteiger partial charge >= 0.3 is 0 Å². The Morgan fingerprint density at radius 2 is 2.36 bits per heavy atom. The molecule has 0 N–H and O–H groups in total. The van der Waals surface area contributed by atoms with Gasteiger partial charge in [-0.15, -0.1) is 0 Å². The lowest BCUT2D eigenvalue weighted by molar-refractivity contribution is -0.128. The highest BCUT2D eigenvalue weighted by Gasteiger charge is 2.22. The van der Waals surface area contributed by atoms with Gasteiger partial charge in [0.15, 0.2) is 0 Å². The molecule has 0 aliphatic carbocycles. The van der Waals surface area contributed by atoms with E-state index in [0.717, 1.165) is 11.4 Å². The van der Waals surface area contributed by atoms with Crippen LogP contribution in [0.1, 0.15) is 30.3 Å². The van der Waals surface area contributed by atoms with Crippen LogP contribution in [0.25, 0.3) is 0 Å². The lowest BCUT2D eigenvalue weighted by Gasteiger charge is -2.20. The molecule has 1 saturated heterocycles. The first-order valence-corrected chi connectivity index (χ1v) is 4.67. The molecular formula is C10H12N2O2. The molecule has 14 heavy (non-hydrogen) atoms. The Morgan fingerprint density at radius 3 is 3.07 bits per heavy atom. The predicted octanol–water partition coefficient (Wildman–Crippen LogP) is 1.21. The van der Waals surface area contributed by atoms with Crippen molar-refractivity contribution in [1.82, 2.24) is 9.97 Å². The van der Waals surface area contributed by atoms with Crippen molar-refractivity contribution < 1.29 is 9.53 Å². The van der Waals surface area contributed by atoms with Gasteiger partial charge in [-0.05, 0) is 6.92 Å². The molecule has 1 aliphatic heterocycles. The van der Waals surface area contributed by atoms with Crippen molar-refractivity contribution >= 4 is 5.78 Å². The van der Waals surface area contributed by atoms with E-state index in [1.165, 1.54) is 0 Å². The topological polar surface area (TPSA) is 52.1 Å². The Morgan fingerprint density at radius 1 is 1.50 bits per heavy atom. The third-order valence-electron chi connectivity index (χ3n) is 2.22. The molecule has 0 amide bonds. The largest absolute Gasteiger partial charge is 0.371 e. The van der Waals surface area contributed by atoms with Gasteiger partial charge in [-0.3, -0.25) is 14.8 Å². The summed E-state index contributed by atoms with van der Waals surface area (Å²) >= 11 is 0. The van der Waals surface area contributed by atoms with Gasteiger partial charge in [0.05, 0.1) is 24.2 Å². The molecule has 1 unspecified atom stereocenters. The highest BCUT2D eigenvalue weighted by molar-refractivity contribution is 5.79. The number of aryl methyl sites for hydroxylation is 1. The molecule has 1 atom stereocenters. The summed E-state index contributed by atoms with van der Waals surface area (Å²) in [4.78, 5) is 19.5. The van der Waals surface area contributed by atoms with Gasteiger partial charge in [0.1, 0.15) is 11.9 Å². The zero-order chi connectivity index (χ0) is 9.97. The minimum absolute atomic E-state index is 0.191. The molecule has 1 fully saturated rings. The van der Waals surface area contributed by atoms with Crippen molar-refractivity contribution in [2.45, 2.75) is 25.9 Å². The van der Waals surface area contributed by atoms with Crippen LogP contribution in [0.5, 0.6) is 0 Å². The first kappa shape index (κ1) is 9.27. The summed E-state index contributed by atoms with van der Waals surface area (Å²) in [5.74, 6) is 0.240. The van der Waals surface area contributed by atoms with E-state index in [0.29, 0.717) is 19.4 Å². The van der Waals surface area contributed by atoms with E-state index >= 15 is 0 Å². The summed E-state index contributed by atoms with van der Waals surface area (Å²) in [5, 5.41) is 0. The number of ether oxygens (including phenoxy) is 1. The zero-order valence-electron chi connectivity index (χ0n) is 8.06. The highest BCUT2D eigenvalue weighted by atomic mass is 16.5. The fraction of sp³-hybridized carbons (Fsp3) is 0.500. The van der Waals surface area contributed by atoms with Gasteiger partial charge in [0.2, 0.25) is 0 Å². The second kappa shape index (κ2) is 3.84.